The van der Waals surface area contributed by atoms with Gasteiger partial charge in [0.2, 0.25) is 10.0 Å². The molecule has 2 aromatic rings. The van der Waals surface area contributed by atoms with E-state index in [1.165, 1.54) is 16.4 Å². The molecule has 1 fully saturated rings. The van der Waals surface area contributed by atoms with Crippen molar-refractivity contribution < 1.29 is 18.1 Å². The zero-order chi connectivity index (χ0) is 20.5. The number of hydrogen-bond acceptors (Lipinski definition) is 6. The van der Waals surface area contributed by atoms with Crippen LogP contribution < -0.4 is 4.80 Å². The number of carbonyl (C=O) groups excluding carboxylic acids is 1. The molecule has 0 spiro atoms. The minimum Gasteiger partial charge on any atom is -0.312 e. The van der Waals surface area contributed by atoms with Crippen LogP contribution in [0, 0.1) is 10.1 Å². The first-order chi connectivity index (χ1) is 13.2. The van der Waals surface area contributed by atoms with Crippen molar-refractivity contribution in [2.75, 3.05) is 12.8 Å². The molecule has 150 valence electrons. The lowest BCUT2D eigenvalue weighted by Gasteiger charge is -2.31. The van der Waals surface area contributed by atoms with E-state index in [1.54, 1.807) is 16.7 Å². The van der Waals surface area contributed by atoms with Gasteiger partial charge in [0.25, 0.3) is 11.6 Å². The first-order valence-electron chi connectivity index (χ1n) is 8.66. The standard InChI is InChI=1S/C17H20N4O5S2/c1-3-9-19-13-8-7-12(21(23)24)11-15(13)27-17(19)18-16(22)14-6-4-5-10-20(14)28(2,25)26/h3,7-8,11,14H,1,4-6,9-10H2,2H3. The Labute approximate surface area is 165 Å². The van der Waals surface area contributed by atoms with Crippen LogP contribution in [0.25, 0.3) is 10.2 Å². The van der Waals surface area contributed by atoms with Gasteiger partial charge < -0.3 is 4.57 Å². The number of rotatable bonds is 5. The van der Waals surface area contributed by atoms with Crippen LogP contribution in [-0.4, -0.2) is 47.0 Å². The van der Waals surface area contributed by atoms with Crippen molar-refractivity contribution in [2.45, 2.75) is 31.8 Å². The van der Waals surface area contributed by atoms with Crippen molar-refractivity contribution in [1.29, 1.82) is 0 Å². The van der Waals surface area contributed by atoms with Crippen molar-refractivity contribution in [3.8, 4) is 0 Å². The number of benzene rings is 1. The number of sulfonamides is 1. The van der Waals surface area contributed by atoms with Gasteiger partial charge in [-0.3, -0.25) is 14.9 Å². The van der Waals surface area contributed by atoms with Crippen molar-refractivity contribution in [3.05, 3.63) is 45.8 Å². The maximum atomic E-state index is 12.8. The molecular formula is C17H20N4O5S2. The maximum Gasteiger partial charge on any atom is 0.270 e. The summed E-state index contributed by atoms with van der Waals surface area (Å²) in [5.41, 5.74) is 0.651. The van der Waals surface area contributed by atoms with Gasteiger partial charge in [-0.25, -0.2) is 8.42 Å². The number of carbonyl (C=O) groups is 1. The SMILES string of the molecule is C=CCn1c(=NC(=O)C2CCCCN2S(C)(=O)=O)sc2cc([N+](=O)[O-])ccc21. The topological polar surface area (TPSA) is 115 Å². The molecule has 0 saturated carbocycles. The number of allylic oxidation sites excluding steroid dienone is 1. The molecule has 1 aromatic carbocycles. The molecule has 1 unspecified atom stereocenters. The van der Waals surface area contributed by atoms with E-state index in [4.69, 9.17) is 0 Å². The quantitative estimate of drug-likeness (QED) is 0.414. The summed E-state index contributed by atoms with van der Waals surface area (Å²) in [4.78, 5) is 27.9. The van der Waals surface area contributed by atoms with E-state index in [9.17, 15) is 23.3 Å². The van der Waals surface area contributed by atoms with Crippen LogP contribution in [0.2, 0.25) is 0 Å². The third-order valence-corrected chi connectivity index (χ3v) is 6.89. The van der Waals surface area contributed by atoms with Gasteiger partial charge in [0.05, 0.1) is 21.4 Å². The highest BCUT2D eigenvalue weighted by Gasteiger charge is 2.34. The average molecular weight is 425 g/mol. The van der Waals surface area contributed by atoms with Crippen LogP contribution in [0.5, 0.6) is 0 Å². The van der Waals surface area contributed by atoms with Crippen molar-refractivity contribution in [1.82, 2.24) is 8.87 Å². The minimum atomic E-state index is -3.51. The molecular weight excluding hydrogens is 404 g/mol. The summed E-state index contributed by atoms with van der Waals surface area (Å²) in [6.45, 7) is 4.37. The number of piperidine rings is 1. The van der Waals surface area contributed by atoms with Crippen LogP contribution in [0.1, 0.15) is 19.3 Å². The summed E-state index contributed by atoms with van der Waals surface area (Å²) in [5, 5.41) is 11.0. The highest BCUT2D eigenvalue weighted by molar-refractivity contribution is 7.88. The van der Waals surface area contributed by atoms with E-state index in [1.807, 2.05) is 0 Å². The fourth-order valence-electron chi connectivity index (χ4n) is 3.28. The number of thiazole rings is 1. The van der Waals surface area contributed by atoms with Gasteiger partial charge in [0.1, 0.15) is 6.04 Å². The molecule has 0 bridgehead atoms. The number of aromatic nitrogens is 1. The van der Waals surface area contributed by atoms with E-state index in [2.05, 4.69) is 11.6 Å². The van der Waals surface area contributed by atoms with E-state index in [-0.39, 0.29) is 5.69 Å². The fourth-order valence-corrected chi connectivity index (χ4v) is 5.48. The predicted molar refractivity (Wildman–Crippen MR) is 106 cm³/mol. The first-order valence-corrected chi connectivity index (χ1v) is 11.3. The number of nitrogens with zero attached hydrogens (tertiary/aromatic N) is 4. The summed E-state index contributed by atoms with van der Waals surface area (Å²) >= 11 is 1.15. The molecule has 1 aromatic heterocycles. The Balaban J connectivity index is 2.09. The van der Waals surface area contributed by atoms with Crippen LogP contribution in [-0.2, 0) is 21.4 Å². The van der Waals surface area contributed by atoms with Gasteiger partial charge in [-0.15, -0.1) is 6.58 Å². The van der Waals surface area contributed by atoms with Crippen LogP contribution >= 0.6 is 11.3 Å². The number of nitro groups is 1. The molecule has 1 aliphatic rings. The number of amides is 1. The third-order valence-electron chi connectivity index (χ3n) is 4.56. The molecule has 1 amide bonds. The molecule has 0 aliphatic carbocycles. The summed E-state index contributed by atoms with van der Waals surface area (Å²) in [6.07, 6.45) is 4.62. The largest absolute Gasteiger partial charge is 0.312 e. The molecule has 11 heteroatoms. The second-order valence-electron chi connectivity index (χ2n) is 6.53. The summed E-state index contributed by atoms with van der Waals surface area (Å²) in [7, 11) is -3.51. The van der Waals surface area contributed by atoms with Crippen molar-refractivity contribution >= 4 is 43.2 Å². The predicted octanol–water partition coefficient (Wildman–Crippen LogP) is 2.04. The monoisotopic (exact) mass is 424 g/mol. The highest BCUT2D eigenvalue weighted by atomic mass is 32.2. The Morgan fingerprint density at radius 2 is 2.21 bits per heavy atom. The second kappa shape index (κ2) is 7.94. The molecule has 0 N–H and O–H groups in total. The lowest BCUT2D eigenvalue weighted by atomic mass is 10.0. The van der Waals surface area contributed by atoms with E-state index in [0.717, 1.165) is 24.0 Å². The molecule has 1 saturated heterocycles. The second-order valence-corrected chi connectivity index (χ2v) is 9.47. The van der Waals surface area contributed by atoms with Gasteiger partial charge in [0.15, 0.2) is 4.80 Å². The number of hydrogen-bond donors (Lipinski definition) is 0. The maximum absolute atomic E-state index is 12.8. The van der Waals surface area contributed by atoms with Gasteiger partial charge >= 0.3 is 0 Å². The fraction of sp³-hybridized carbons (Fsp3) is 0.412. The van der Waals surface area contributed by atoms with Crippen molar-refractivity contribution in [2.24, 2.45) is 4.99 Å². The summed E-state index contributed by atoms with van der Waals surface area (Å²) < 4.78 is 27.6. The molecule has 28 heavy (non-hydrogen) atoms. The summed E-state index contributed by atoms with van der Waals surface area (Å²) in [6, 6.07) is 3.63. The van der Waals surface area contributed by atoms with E-state index >= 15 is 0 Å². The first kappa shape index (κ1) is 20.4. The smallest absolute Gasteiger partial charge is 0.270 e. The average Bonchev–Trinajstić information content (AvgIpc) is 2.97. The Morgan fingerprint density at radius 3 is 2.86 bits per heavy atom. The third kappa shape index (κ3) is 4.05. The molecule has 1 atom stereocenters. The normalized spacial score (nSPS) is 19.0. The Kier molecular flexibility index (Phi) is 5.77. The van der Waals surface area contributed by atoms with Gasteiger partial charge in [0, 0.05) is 25.2 Å². The van der Waals surface area contributed by atoms with Gasteiger partial charge in [-0.2, -0.15) is 9.30 Å². The van der Waals surface area contributed by atoms with Gasteiger partial charge in [-0.05, 0) is 18.9 Å². The van der Waals surface area contributed by atoms with Crippen LogP contribution in [0.15, 0.2) is 35.8 Å². The Hall–Kier alpha value is -2.37. The molecule has 1 aliphatic heterocycles. The highest BCUT2D eigenvalue weighted by Crippen LogP contribution is 2.24. The molecule has 3 rings (SSSR count). The molecule has 2 heterocycles. The lowest BCUT2D eigenvalue weighted by Crippen LogP contribution is -2.47. The Morgan fingerprint density at radius 1 is 1.46 bits per heavy atom. The van der Waals surface area contributed by atoms with E-state index in [0.29, 0.717) is 40.9 Å². The van der Waals surface area contributed by atoms with Crippen LogP contribution in [0.4, 0.5) is 5.69 Å². The lowest BCUT2D eigenvalue weighted by molar-refractivity contribution is -0.384. The van der Waals surface area contributed by atoms with E-state index < -0.39 is 26.9 Å². The zero-order valence-corrected chi connectivity index (χ0v) is 16.9. The molecule has 9 nitrogen and oxygen atoms in total. The molecule has 0 radical (unpaired) electrons. The number of nitro benzene ring substituents is 1. The van der Waals surface area contributed by atoms with Crippen LogP contribution in [0.3, 0.4) is 0 Å². The summed E-state index contributed by atoms with van der Waals surface area (Å²) in [5.74, 6) is -0.524. The van der Waals surface area contributed by atoms with Gasteiger partial charge in [-0.1, -0.05) is 23.8 Å². The minimum absolute atomic E-state index is 0.0482. The zero-order valence-electron chi connectivity index (χ0n) is 15.3. The number of non-ortho nitro benzene ring substituents is 1. The number of fused-ring (bicyclic) bond motifs is 1. The Bertz CT molecular complexity index is 1120. The van der Waals surface area contributed by atoms with Crippen molar-refractivity contribution in [3.63, 3.8) is 0 Å².